The largest absolute Gasteiger partial charge is 0.369 e. The number of piperazine rings is 1. The minimum atomic E-state index is -0.347. The molecule has 0 unspecified atom stereocenters. The van der Waals surface area contributed by atoms with E-state index in [1.165, 1.54) is 6.07 Å². The van der Waals surface area contributed by atoms with Crippen LogP contribution in [0.15, 0.2) is 18.2 Å². The fraction of sp³-hybridized carbons (Fsp3) is 0.455. The third kappa shape index (κ3) is 2.41. The fourth-order valence-corrected chi connectivity index (χ4v) is 1.97. The van der Waals surface area contributed by atoms with Crippen molar-refractivity contribution in [2.24, 2.45) is 0 Å². The summed E-state index contributed by atoms with van der Waals surface area (Å²) in [5.41, 5.74) is 0.908. The summed E-state index contributed by atoms with van der Waals surface area (Å²) in [6, 6.07) is 5.42. The molecule has 1 aliphatic heterocycles. The van der Waals surface area contributed by atoms with Gasteiger partial charge in [-0.25, -0.2) is 4.39 Å². The quantitative estimate of drug-likeness (QED) is 0.794. The van der Waals surface area contributed by atoms with E-state index in [1.807, 2.05) is 6.07 Å². The van der Waals surface area contributed by atoms with Crippen molar-refractivity contribution < 1.29 is 4.39 Å². The molecule has 0 bridgehead atoms. The van der Waals surface area contributed by atoms with Crippen LogP contribution in [0.25, 0.3) is 0 Å². The normalized spacial score (nSPS) is 21.8. The second-order valence-corrected chi connectivity index (χ2v) is 4.31. The van der Waals surface area contributed by atoms with E-state index >= 15 is 0 Å². The lowest BCUT2D eigenvalue weighted by Gasteiger charge is -2.33. The van der Waals surface area contributed by atoms with E-state index < -0.39 is 0 Å². The zero-order valence-corrected chi connectivity index (χ0v) is 9.39. The lowest BCUT2D eigenvalue weighted by molar-refractivity contribution is 0.484. The Bertz CT molecular complexity index is 356. The molecule has 1 aromatic rings. The van der Waals surface area contributed by atoms with Crippen molar-refractivity contribution in [3.63, 3.8) is 0 Å². The van der Waals surface area contributed by atoms with Crippen molar-refractivity contribution >= 4 is 17.3 Å². The third-order valence-corrected chi connectivity index (χ3v) is 2.94. The molecule has 15 heavy (non-hydrogen) atoms. The fourth-order valence-electron chi connectivity index (χ4n) is 1.85. The summed E-state index contributed by atoms with van der Waals surface area (Å²) in [4.78, 5) is 2.17. The molecule has 0 saturated carbocycles. The number of hydrogen-bond donors (Lipinski definition) is 1. The molecule has 1 aliphatic rings. The van der Waals surface area contributed by atoms with E-state index in [4.69, 9.17) is 11.6 Å². The van der Waals surface area contributed by atoms with Crippen LogP contribution in [-0.2, 0) is 0 Å². The predicted octanol–water partition coefficient (Wildman–Crippen LogP) is 2.28. The molecular weight excluding hydrogens is 215 g/mol. The molecule has 0 spiro atoms. The first kappa shape index (κ1) is 10.7. The number of rotatable bonds is 1. The molecule has 1 aromatic carbocycles. The molecule has 0 aliphatic carbocycles. The Morgan fingerprint density at radius 3 is 3.00 bits per heavy atom. The minimum Gasteiger partial charge on any atom is -0.369 e. The van der Waals surface area contributed by atoms with E-state index in [9.17, 15) is 4.39 Å². The summed E-state index contributed by atoms with van der Waals surface area (Å²) in [7, 11) is 0. The van der Waals surface area contributed by atoms with Gasteiger partial charge in [-0.3, -0.25) is 0 Å². The van der Waals surface area contributed by atoms with Crippen LogP contribution >= 0.6 is 11.6 Å². The number of halogens is 2. The van der Waals surface area contributed by atoms with Crippen molar-refractivity contribution in [1.82, 2.24) is 5.32 Å². The molecule has 1 fully saturated rings. The highest BCUT2D eigenvalue weighted by atomic mass is 35.5. The van der Waals surface area contributed by atoms with Crippen LogP contribution in [0.1, 0.15) is 6.92 Å². The van der Waals surface area contributed by atoms with Gasteiger partial charge in [0.25, 0.3) is 0 Å². The molecule has 2 rings (SSSR count). The molecule has 2 nitrogen and oxygen atoms in total. The Kier molecular flexibility index (Phi) is 3.12. The Labute approximate surface area is 94.0 Å². The van der Waals surface area contributed by atoms with Gasteiger partial charge in [-0.15, -0.1) is 0 Å². The molecule has 0 amide bonds. The molecule has 4 heteroatoms. The van der Waals surface area contributed by atoms with E-state index in [-0.39, 0.29) is 10.8 Å². The molecular formula is C11H14ClFN2. The van der Waals surface area contributed by atoms with Crippen LogP contribution in [0.2, 0.25) is 5.02 Å². The molecule has 0 aromatic heterocycles. The van der Waals surface area contributed by atoms with Crippen LogP contribution in [0.5, 0.6) is 0 Å². The summed E-state index contributed by atoms with van der Waals surface area (Å²) < 4.78 is 13.3. The lowest BCUT2D eigenvalue weighted by atomic mass is 10.2. The highest BCUT2D eigenvalue weighted by Gasteiger charge is 2.16. The van der Waals surface area contributed by atoms with Gasteiger partial charge in [0.15, 0.2) is 0 Å². The number of nitrogens with one attached hydrogen (secondary N) is 1. The summed E-state index contributed by atoms with van der Waals surface area (Å²) >= 11 is 5.64. The molecule has 0 radical (unpaired) electrons. The molecule has 1 saturated heterocycles. The SMILES string of the molecule is C[C@H]1CN(c2ccc(Cl)c(F)c2)CCN1. The van der Waals surface area contributed by atoms with Crippen LogP contribution in [0, 0.1) is 5.82 Å². The topological polar surface area (TPSA) is 15.3 Å². The van der Waals surface area contributed by atoms with Crippen molar-refractivity contribution in [2.75, 3.05) is 24.5 Å². The van der Waals surface area contributed by atoms with Gasteiger partial charge in [-0.1, -0.05) is 11.6 Å². The van der Waals surface area contributed by atoms with Crippen LogP contribution in [0.3, 0.4) is 0 Å². The summed E-state index contributed by atoms with van der Waals surface area (Å²) in [5, 5.41) is 3.53. The lowest BCUT2D eigenvalue weighted by Crippen LogP contribution is -2.49. The Morgan fingerprint density at radius 2 is 2.33 bits per heavy atom. The second kappa shape index (κ2) is 4.37. The van der Waals surface area contributed by atoms with Crippen molar-refractivity contribution in [2.45, 2.75) is 13.0 Å². The van der Waals surface area contributed by atoms with Crippen LogP contribution < -0.4 is 10.2 Å². The minimum absolute atomic E-state index is 0.182. The van der Waals surface area contributed by atoms with Gasteiger partial charge in [-0.05, 0) is 25.1 Å². The zero-order chi connectivity index (χ0) is 10.8. The van der Waals surface area contributed by atoms with E-state index in [1.54, 1.807) is 6.07 Å². The Hall–Kier alpha value is -0.800. The molecule has 1 atom stereocenters. The number of nitrogens with zero attached hydrogens (tertiary/aromatic N) is 1. The average molecular weight is 229 g/mol. The van der Waals surface area contributed by atoms with E-state index in [0.29, 0.717) is 6.04 Å². The zero-order valence-electron chi connectivity index (χ0n) is 8.63. The first-order valence-electron chi connectivity index (χ1n) is 5.10. The smallest absolute Gasteiger partial charge is 0.143 e. The van der Waals surface area contributed by atoms with Gasteiger partial charge in [0, 0.05) is 31.4 Å². The van der Waals surface area contributed by atoms with Crippen molar-refractivity contribution in [1.29, 1.82) is 0 Å². The third-order valence-electron chi connectivity index (χ3n) is 2.64. The first-order valence-corrected chi connectivity index (χ1v) is 5.48. The summed E-state index contributed by atoms with van der Waals surface area (Å²) in [6.07, 6.45) is 0. The van der Waals surface area contributed by atoms with Gasteiger partial charge in [0.1, 0.15) is 5.82 Å². The maximum atomic E-state index is 13.3. The Morgan fingerprint density at radius 1 is 1.53 bits per heavy atom. The average Bonchev–Trinajstić information content (AvgIpc) is 2.22. The van der Waals surface area contributed by atoms with E-state index in [0.717, 1.165) is 25.3 Å². The van der Waals surface area contributed by atoms with Gasteiger partial charge in [-0.2, -0.15) is 0 Å². The van der Waals surface area contributed by atoms with Gasteiger partial charge < -0.3 is 10.2 Å². The number of benzene rings is 1. The number of anilines is 1. The number of hydrogen-bond acceptors (Lipinski definition) is 2. The van der Waals surface area contributed by atoms with Crippen LogP contribution in [-0.4, -0.2) is 25.7 Å². The second-order valence-electron chi connectivity index (χ2n) is 3.90. The summed E-state index contributed by atoms with van der Waals surface area (Å²) in [6.45, 7) is 4.87. The maximum Gasteiger partial charge on any atom is 0.143 e. The van der Waals surface area contributed by atoms with E-state index in [2.05, 4.69) is 17.1 Å². The standard InChI is InChI=1S/C11H14ClFN2/c1-8-7-15(5-4-14-8)9-2-3-10(12)11(13)6-9/h2-3,6,8,14H,4-5,7H2,1H3/t8-/m0/s1. The molecule has 82 valence electrons. The first-order chi connectivity index (χ1) is 7.16. The molecule has 1 heterocycles. The predicted molar refractivity (Wildman–Crippen MR) is 61.1 cm³/mol. The summed E-state index contributed by atoms with van der Waals surface area (Å²) in [5.74, 6) is -0.347. The highest BCUT2D eigenvalue weighted by Crippen LogP contribution is 2.22. The van der Waals surface area contributed by atoms with Gasteiger partial charge in [0.05, 0.1) is 5.02 Å². The Balaban J connectivity index is 2.18. The van der Waals surface area contributed by atoms with Crippen LogP contribution in [0.4, 0.5) is 10.1 Å². The molecule has 1 N–H and O–H groups in total. The van der Waals surface area contributed by atoms with Crippen molar-refractivity contribution in [3.05, 3.63) is 29.0 Å². The maximum absolute atomic E-state index is 13.3. The monoisotopic (exact) mass is 228 g/mol. The highest BCUT2D eigenvalue weighted by molar-refractivity contribution is 6.30. The van der Waals surface area contributed by atoms with Gasteiger partial charge >= 0.3 is 0 Å². The van der Waals surface area contributed by atoms with Crippen molar-refractivity contribution in [3.8, 4) is 0 Å². The van der Waals surface area contributed by atoms with Gasteiger partial charge in [0.2, 0.25) is 0 Å².